The Balaban J connectivity index is 1.64. The summed E-state index contributed by atoms with van der Waals surface area (Å²) in [5.41, 5.74) is 1.07. The van der Waals surface area contributed by atoms with Crippen LogP contribution in [0.1, 0.15) is 43.7 Å². The molecule has 0 aromatic carbocycles. The monoisotopic (exact) mass is 332 g/mol. The Bertz CT molecular complexity index is 721. The van der Waals surface area contributed by atoms with Gasteiger partial charge >= 0.3 is 0 Å². The molecule has 2 aliphatic rings. The SMILES string of the molecule is CCc1nsc(N[C@@H]2CC(=O)N(C3CC3)[C@H]2c2ccnn2C)n1. The Morgan fingerprint density at radius 2 is 2.26 bits per heavy atom. The van der Waals surface area contributed by atoms with Crippen molar-refractivity contribution in [1.82, 2.24) is 24.0 Å². The van der Waals surface area contributed by atoms with Crippen molar-refractivity contribution in [2.75, 3.05) is 5.32 Å². The minimum atomic E-state index is 0.0103. The number of nitrogens with one attached hydrogen (secondary N) is 1. The summed E-state index contributed by atoms with van der Waals surface area (Å²) in [7, 11) is 1.93. The molecule has 1 saturated heterocycles. The van der Waals surface area contributed by atoms with Gasteiger partial charge in [-0.05, 0) is 18.9 Å². The van der Waals surface area contributed by atoms with Crippen molar-refractivity contribution >= 4 is 22.6 Å². The smallest absolute Gasteiger partial charge is 0.225 e. The summed E-state index contributed by atoms with van der Waals surface area (Å²) >= 11 is 1.37. The van der Waals surface area contributed by atoms with Crippen LogP contribution in [0, 0.1) is 0 Å². The zero-order valence-corrected chi connectivity index (χ0v) is 14.1. The van der Waals surface area contributed by atoms with Gasteiger partial charge in [0.2, 0.25) is 11.0 Å². The summed E-state index contributed by atoms with van der Waals surface area (Å²) in [6.45, 7) is 2.04. The van der Waals surface area contributed by atoms with Crippen LogP contribution in [-0.4, -0.2) is 42.0 Å². The summed E-state index contributed by atoms with van der Waals surface area (Å²) in [5.74, 6) is 1.06. The molecule has 1 saturated carbocycles. The molecule has 0 spiro atoms. The third-order valence-electron chi connectivity index (χ3n) is 4.56. The van der Waals surface area contributed by atoms with Gasteiger partial charge < -0.3 is 10.2 Å². The van der Waals surface area contributed by atoms with Gasteiger partial charge in [-0.25, -0.2) is 4.98 Å². The number of carbonyl (C=O) groups excluding carboxylic acids is 1. The normalized spacial score (nSPS) is 24.4. The van der Waals surface area contributed by atoms with Gasteiger partial charge in [0.05, 0.1) is 17.8 Å². The molecule has 1 aliphatic heterocycles. The van der Waals surface area contributed by atoms with Gasteiger partial charge in [0.25, 0.3) is 0 Å². The van der Waals surface area contributed by atoms with E-state index in [1.54, 1.807) is 6.20 Å². The number of rotatable bonds is 5. The number of hydrogen-bond donors (Lipinski definition) is 1. The van der Waals surface area contributed by atoms with E-state index < -0.39 is 0 Å². The van der Waals surface area contributed by atoms with Crippen molar-refractivity contribution in [1.29, 1.82) is 0 Å². The van der Waals surface area contributed by atoms with Crippen molar-refractivity contribution in [3.63, 3.8) is 0 Å². The van der Waals surface area contributed by atoms with Crippen LogP contribution in [0.25, 0.3) is 0 Å². The summed E-state index contributed by atoms with van der Waals surface area (Å²) in [4.78, 5) is 19.1. The average Bonchev–Trinajstić information content (AvgIpc) is 2.97. The van der Waals surface area contributed by atoms with Gasteiger partial charge in [-0.2, -0.15) is 9.47 Å². The molecule has 2 atom stereocenters. The molecular weight excluding hydrogens is 312 g/mol. The highest BCUT2D eigenvalue weighted by molar-refractivity contribution is 7.09. The molecule has 0 radical (unpaired) electrons. The number of nitrogens with zero attached hydrogens (tertiary/aromatic N) is 5. The van der Waals surface area contributed by atoms with Crippen molar-refractivity contribution in [2.24, 2.45) is 7.05 Å². The van der Waals surface area contributed by atoms with E-state index in [0.717, 1.165) is 35.9 Å². The van der Waals surface area contributed by atoms with E-state index in [1.807, 2.05) is 24.7 Å². The molecule has 1 N–H and O–H groups in total. The Labute approximate surface area is 138 Å². The van der Waals surface area contributed by atoms with Gasteiger partial charge in [0, 0.05) is 43.7 Å². The zero-order valence-electron chi connectivity index (χ0n) is 13.3. The highest BCUT2D eigenvalue weighted by atomic mass is 32.1. The van der Waals surface area contributed by atoms with Crippen LogP contribution in [-0.2, 0) is 18.3 Å². The van der Waals surface area contributed by atoms with Crippen molar-refractivity contribution < 1.29 is 4.79 Å². The van der Waals surface area contributed by atoms with Gasteiger partial charge in [-0.1, -0.05) is 6.92 Å². The fourth-order valence-corrected chi connectivity index (χ4v) is 4.02. The van der Waals surface area contributed by atoms with Gasteiger partial charge in [0.15, 0.2) is 0 Å². The first-order valence-corrected chi connectivity index (χ1v) is 8.83. The maximum absolute atomic E-state index is 12.6. The van der Waals surface area contributed by atoms with Crippen LogP contribution in [0.4, 0.5) is 5.13 Å². The van der Waals surface area contributed by atoms with Crippen molar-refractivity contribution in [2.45, 2.75) is 50.7 Å². The van der Waals surface area contributed by atoms with Gasteiger partial charge in [0.1, 0.15) is 5.82 Å². The number of carbonyl (C=O) groups is 1. The Hall–Kier alpha value is -1.96. The molecule has 8 heteroatoms. The lowest BCUT2D eigenvalue weighted by molar-refractivity contribution is -0.129. The molecule has 3 heterocycles. The lowest BCUT2D eigenvalue weighted by atomic mass is 10.1. The molecule has 1 amide bonds. The Kier molecular flexibility index (Phi) is 3.56. The molecule has 122 valence electrons. The van der Waals surface area contributed by atoms with E-state index in [2.05, 4.69) is 24.7 Å². The number of aromatic nitrogens is 4. The molecular formula is C15H20N6OS. The third kappa shape index (κ3) is 2.60. The number of likely N-dealkylation sites (tertiary alicyclic amines) is 1. The molecule has 0 bridgehead atoms. The lowest BCUT2D eigenvalue weighted by Crippen LogP contribution is -2.35. The maximum atomic E-state index is 12.6. The fourth-order valence-electron chi connectivity index (χ4n) is 3.31. The summed E-state index contributed by atoms with van der Waals surface area (Å²) in [6.07, 6.45) is 5.31. The Morgan fingerprint density at radius 3 is 2.87 bits per heavy atom. The first kappa shape index (κ1) is 14.6. The van der Waals surface area contributed by atoms with Crippen LogP contribution in [0.5, 0.6) is 0 Å². The van der Waals surface area contributed by atoms with E-state index in [9.17, 15) is 4.79 Å². The third-order valence-corrected chi connectivity index (χ3v) is 5.24. The van der Waals surface area contributed by atoms with Crippen molar-refractivity contribution in [3.8, 4) is 0 Å². The largest absolute Gasteiger partial charge is 0.355 e. The van der Waals surface area contributed by atoms with E-state index in [4.69, 9.17) is 0 Å². The highest BCUT2D eigenvalue weighted by Crippen LogP contribution is 2.42. The fraction of sp³-hybridized carbons (Fsp3) is 0.600. The number of anilines is 1. The number of amides is 1. The van der Waals surface area contributed by atoms with Crippen molar-refractivity contribution in [3.05, 3.63) is 23.8 Å². The Morgan fingerprint density at radius 1 is 1.43 bits per heavy atom. The van der Waals surface area contributed by atoms with Crippen LogP contribution in [0.2, 0.25) is 0 Å². The van der Waals surface area contributed by atoms with E-state index in [-0.39, 0.29) is 18.0 Å². The highest BCUT2D eigenvalue weighted by Gasteiger charge is 2.48. The lowest BCUT2D eigenvalue weighted by Gasteiger charge is -2.28. The molecule has 23 heavy (non-hydrogen) atoms. The molecule has 4 rings (SSSR count). The van der Waals surface area contributed by atoms with E-state index >= 15 is 0 Å². The molecule has 1 aliphatic carbocycles. The second-order valence-electron chi connectivity index (χ2n) is 6.18. The van der Waals surface area contributed by atoms with Gasteiger partial charge in [-0.3, -0.25) is 9.48 Å². The van der Waals surface area contributed by atoms with Crippen LogP contribution >= 0.6 is 11.5 Å². The minimum Gasteiger partial charge on any atom is -0.355 e. The first-order chi connectivity index (χ1) is 11.2. The predicted octanol–water partition coefficient (Wildman–Crippen LogP) is 1.75. The maximum Gasteiger partial charge on any atom is 0.225 e. The summed E-state index contributed by atoms with van der Waals surface area (Å²) < 4.78 is 6.19. The predicted molar refractivity (Wildman–Crippen MR) is 87.1 cm³/mol. The molecule has 2 aromatic rings. The summed E-state index contributed by atoms with van der Waals surface area (Å²) in [6, 6.07) is 2.41. The van der Waals surface area contributed by atoms with Gasteiger partial charge in [-0.15, -0.1) is 0 Å². The second kappa shape index (κ2) is 5.59. The standard InChI is InChI=1S/C15H20N6OS/c1-3-12-18-15(23-19-12)17-10-8-13(22)21(9-4-5-9)14(10)11-6-7-16-20(11)2/h6-7,9-10,14H,3-5,8H2,1-2H3,(H,17,18,19)/t10-,14-/m1/s1. The average molecular weight is 332 g/mol. The van der Waals surface area contributed by atoms with E-state index in [1.165, 1.54) is 11.5 Å². The molecule has 0 unspecified atom stereocenters. The van der Waals surface area contributed by atoms with Crippen LogP contribution < -0.4 is 5.32 Å². The topological polar surface area (TPSA) is 75.9 Å². The second-order valence-corrected chi connectivity index (χ2v) is 6.93. The number of hydrogen-bond acceptors (Lipinski definition) is 6. The summed E-state index contributed by atoms with van der Waals surface area (Å²) in [5, 5.41) is 8.53. The van der Waals surface area contributed by atoms with Crippen LogP contribution in [0.15, 0.2) is 12.3 Å². The number of aryl methyl sites for hydroxylation is 2. The molecule has 2 fully saturated rings. The van der Waals surface area contributed by atoms with E-state index in [0.29, 0.717) is 12.5 Å². The molecule has 7 nitrogen and oxygen atoms in total. The minimum absolute atomic E-state index is 0.0103. The first-order valence-electron chi connectivity index (χ1n) is 8.05. The van der Waals surface area contributed by atoms with Crippen LogP contribution in [0.3, 0.4) is 0 Å². The quantitative estimate of drug-likeness (QED) is 0.903. The zero-order chi connectivity index (χ0) is 16.0. The molecule has 2 aromatic heterocycles.